The first-order valence-electron chi connectivity index (χ1n) is 4.03. The van der Waals surface area contributed by atoms with Gasteiger partial charge in [0.2, 0.25) is 0 Å². The van der Waals surface area contributed by atoms with Gasteiger partial charge in [-0.1, -0.05) is 0 Å². The maximum atomic E-state index is 10.9. The van der Waals surface area contributed by atoms with Crippen molar-refractivity contribution >= 4 is 16.4 Å². The Labute approximate surface area is 84.9 Å². The van der Waals surface area contributed by atoms with Crippen LogP contribution in [0.4, 0.5) is 0 Å². The quantitative estimate of drug-likeness (QED) is 0.407. The second-order valence-corrected chi connectivity index (χ2v) is 2.99. The molecule has 0 spiro atoms. The second-order valence-electron chi connectivity index (χ2n) is 2.32. The molecule has 0 N–H and O–H groups in total. The number of hydrogen-bond acceptors (Lipinski definition) is 4. The van der Waals surface area contributed by atoms with Gasteiger partial charge in [-0.15, -0.1) is 0 Å². The first kappa shape index (κ1) is 12.3. The Hall–Kier alpha value is -0.671. The van der Waals surface area contributed by atoms with Crippen LogP contribution in [0.5, 0.6) is 0 Å². The van der Waals surface area contributed by atoms with Crippen molar-refractivity contribution in [2.75, 3.05) is 0 Å². The van der Waals surface area contributed by atoms with Crippen LogP contribution in [-0.4, -0.2) is 16.4 Å². The van der Waals surface area contributed by atoms with Crippen LogP contribution in [0, 0.1) is 0 Å². The summed E-state index contributed by atoms with van der Waals surface area (Å²) in [6.45, 7) is 3.59. The Morgan fingerprint density at radius 2 is 1.85 bits per heavy atom. The van der Waals surface area contributed by atoms with Gasteiger partial charge in [-0.2, -0.15) is 0 Å². The summed E-state index contributed by atoms with van der Waals surface area (Å²) >= 11 is 3.43. The van der Waals surface area contributed by atoms with Crippen LogP contribution in [0.1, 0.15) is 33.1 Å². The average molecular weight is 228 g/mol. The van der Waals surface area contributed by atoms with E-state index < -0.39 is 11.9 Å². The summed E-state index contributed by atoms with van der Waals surface area (Å²) in [5.41, 5.74) is 0. The van der Waals surface area contributed by atoms with Crippen molar-refractivity contribution in [3.05, 3.63) is 0 Å². The zero-order chi connectivity index (χ0) is 10.3. The van der Waals surface area contributed by atoms with Gasteiger partial charge in [0.15, 0.2) is 0 Å². The van der Waals surface area contributed by atoms with E-state index in [9.17, 15) is 9.59 Å². The molecule has 0 aliphatic carbocycles. The Kier molecular flexibility index (Phi) is 6.45. The summed E-state index contributed by atoms with van der Waals surface area (Å²) in [5.74, 6) is -1.23. The molecule has 0 bridgehead atoms. The van der Waals surface area contributed by atoms with Gasteiger partial charge >= 0.3 is 84.4 Å². The summed E-state index contributed by atoms with van der Waals surface area (Å²) in [5, 5.41) is 0. The van der Waals surface area contributed by atoms with Crippen molar-refractivity contribution in [2.45, 2.75) is 33.1 Å². The van der Waals surface area contributed by atoms with Crippen molar-refractivity contribution in [2.24, 2.45) is 0 Å². The average Bonchev–Trinajstić information content (AvgIpc) is 2.13. The van der Waals surface area contributed by atoms with E-state index in [0.29, 0.717) is 12.8 Å². The fourth-order valence-corrected chi connectivity index (χ4v) is 0.565. The van der Waals surface area contributed by atoms with E-state index in [-0.39, 0.29) is 10.8 Å². The molecular formula is C8H12FeO4. The molecule has 5 heteroatoms. The molecule has 0 aromatic rings. The zero-order valence-electron chi connectivity index (χ0n) is 7.61. The van der Waals surface area contributed by atoms with E-state index in [1.165, 1.54) is 0 Å². The fourth-order valence-electron chi connectivity index (χ4n) is 0.519. The predicted molar refractivity (Wildman–Crippen MR) is 42.4 cm³/mol. The molecule has 0 aromatic carbocycles. The van der Waals surface area contributed by atoms with Crippen LogP contribution in [-0.2, 0) is 34.9 Å². The Balaban J connectivity index is 3.70. The molecule has 0 saturated carbocycles. The first-order chi connectivity index (χ1) is 6.11. The van der Waals surface area contributed by atoms with Gasteiger partial charge in [0.05, 0.1) is 0 Å². The fraction of sp³-hybridized carbons (Fsp3) is 0.625. The molecule has 13 heavy (non-hydrogen) atoms. The summed E-state index contributed by atoms with van der Waals surface area (Å²) < 4.78 is 0.282. The standard InChI is InChI=1S/C8H12O4.Fe/c1-3-5-7(9)11-12-8(10)6-4-2;/h3-5H2,1-2H3;. The molecule has 0 fully saturated rings. The number of carbonyl (C=O) groups is 2. The minimum absolute atomic E-state index is 0.242. The van der Waals surface area contributed by atoms with Gasteiger partial charge in [0, 0.05) is 0 Å². The van der Waals surface area contributed by atoms with E-state index in [2.05, 4.69) is 25.4 Å². The summed E-state index contributed by atoms with van der Waals surface area (Å²) in [4.78, 5) is 30.1. The van der Waals surface area contributed by atoms with Crippen LogP contribution < -0.4 is 0 Å². The number of carbonyl (C=O) groups excluding carboxylic acids is 2. The van der Waals surface area contributed by atoms with Crippen molar-refractivity contribution in [1.29, 1.82) is 0 Å². The molecule has 0 atom stereocenters. The van der Waals surface area contributed by atoms with Gasteiger partial charge in [0.1, 0.15) is 0 Å². The van der Waals surface area contributed by atoms with Crippen LogP contribution in [0.3, 0.4) is 0 Å². The Morgan fingerprint density at radius 3 is 2.31 bits per heavy atom. The minimum atomic E-state index is -0.688. The maximum absolute atomic E-state index is 10.9. The third-order valence-electron chi connectivity index (χ3n) is 1.18. The molecule has 0 saturated heterocycles. The number of rotatable bonds is 4. The predicted octanol–water partition coefficient (Wildman–Crippen LogP) is 0.917. The molecular weight excluding hydrogens is 216 g/mol. The van der Waals surface area contributed by atoms with Crippen LogP contribution in [0.2, 0.25) is 0 Å². The van der Waals surface area contributed by atoms with Crippen molar-refractivity contribution < 1.29 is 34.9 Å². The van der Waals surface area contributed by atoms with Crippen LogP contribution in [0.25, 0.3) is 0 Å². The molecule has 76 valence electrons. The second kappa shape index (κ2) is 6.80. The molecule has 0 aromatic heterocycles. The summed E-state index contributed by atoms with van der Waals surface area (Å²) in [7, 11) is 0. The van der Waals surface area contributed by atoms with E-state index in [1.54, 1.807) is 6.92 Å². The van der Waals surface area contributed by atoms with Gasteiger partial charge in [0.25, 0.3) is 0 Å². The van der Waals surface area contributed by atoms with E-state index in [0.717, 1.165) is 0 Å². The third kappa shape index (κ3) is 5.55. The van der Waals surface area contributed by atoms with Crippen LogP contribution in [0.15, 0.2) is 0 Å². The Bertz CT molecular complexity index is 212. The molecule has 0 unspecified atom stereocenters. The van der Waals surface area contributed by atoms with E-state index in [4.69, 9.17) is 0 Å². The number of hydrogen-bond donors (Lipinski definition) is 0. The molecule has 0 aliphatic rings. The van der Waals surface area contributed by atoms with Crippen molar-refractivity contribution in [3.8, 4) is 0 Å². The molecule has 0 radical (unpaired) electrons. The zero-order valence-corrected chi connectivity index (χ0v) is 8.71. The van der Waals surface area contributed by atoms with Crippen molar-refractivity contribution in [3.63, 3.8) is 0 Å². The monoisotopic (exact) mass is 228 g/mol. The van der Waals surface area contributed by atoms with Gasteiger partial charge < -0.3 is 0 Å². The summed E-state index contributed by atoms with van der Waals surface area (Å²) in [6.07, 6.45) is 1.38. The molecule has 0 heterocycles. The Morgan fingerprint density at radius 1 is 1.23 bits per heavy atom. The molecule has 4 nitrogen and oxygen atoms in total. The van der Waals surface area contributed by atoms with E-state index in [1.807, 2.05) is 6.92 Å². The molecule has 0 amide bonds. The van der Waals surface area contributed by atoms with Gasteiger partial charge in [-0.25, -0.2) is 0 Å². The van der Waals surface area contributed by atoms with Gasteiger partial charge in [-0.05, 0) is 0 Å². The van der Waals surface area contributed by atoms with Crippen molar-refractivity contribution in [1.82, 2.24) is 0 Å². The first-order valence-corrected chi connectivity index (χ1v) is 4.58. The summed E-state index contributed by atoms with van der Waals surface area (Å²) in [6, 6.07) is 0. The topological polar surface area (TPSA) is 52.6 Å². The molecule has 0 aliphatic heterocycles. The normalized spacial score (nSPS) is 9.15. The van der Waals surface area contributed by atoms with Crippen LogP contribution >= 0.6 is 0 Å². The molecule has 0 rings (SSSR count). The SMILES string of the molecule is CCCC(=O)OOC(=O)[C](=[Fe])CC. The third-order valence-corrected chi connectivity index (χ3v) is 1.80. The van der Waals surface area contributed by atoms with Gasteiger partial charge in [-0.3, -0.25) is 0 Å². The van der Waals surface area contributed by atoms with E-state index >= 15 is 0 Å².